The summed E-state index contributed by atoms with van der Waals surface area (Å²) in [5, 5.41) is 2.76. The van der Waals surface area contributed by atoms with Crippen LogP contribution >= 0.6 is 11.6 Å². The summed E-state index contributed by atoms with van der Waals surface area (Å²) in [6.45, 7) is 4.60. The first-order valence-electron chi connectivity index (χ1n) is 10.2. The van der Waals surface area contributed by atoms with Gasteiger partial charge in [-0.25, -0.2) is 18.7 Å². The van der Waals surface area contributed by atoms with Gasteiger partial charge >= 0.3 is 0 Å². The Morgan fingerprint density at radius 3 is 2.88 bits per heavy atom. The first kappa shape index (κ1) is 22.7. The number of halogens is 3. The highest BCUT2D eigenvalue weighted by molar-refractivity contribution is 6.31. The zero-order valence-corrected chi connectivity index (χ0v) is 18.5. The molecular weight excluding hydrogens is 454 g/mol. The van der Waals surface area contributed by atoms with E-state index in [0.29, 0.717) is 35.5 Å². The van der Waals surface area contributed by atoms with E-state index in [-0.39, 0.29) is 23.5 Å². The van der Waals surface area contributed by atoms with Crippen LogP contribution in [0.5, 0.6) is 11.5 Å². The molecule has 1 unspecified atom stereocenters. The van der Waals surface area contributed by atoms with Crippen LogP contribution in [0.1, 0.15) is 12.8 Å². The van der Waals surface area contributed by atoms with Gasteiger partial charge in [-0.05, 0) is 37.1 Å². The van der Waals surface area contributed by atoms with E-state index in [9.17, 15) is 13.6 Å². The van der Waals surface area contributed by atoms with Gasteiger partial charge in [-0.3, -0.25) is 4.79 Å². The molecular formula is C23H21ClF2N4O3. The maximum Gasteiger partial charge on any atom is 0.246 e. The molecule has 172 valence electrons. The number of nitrogens with zero attached hydrogens (tertiary/aromatic N) is 3. The molecule has 1 N–H and O–H groups in total. The van der Waals surface area contributed by atoms with Crippen molar-refractivity contribution in [2.75, 3.05) is 25.5 Å². The number of aromatic nitrogens is 2. The summed E-state index contributed by atoms with van der Waals surface area (Å²) >= 11 is 5.69. The highest BCUT2D eigenvalue weighted by Crippen LogP contribution is 2.37. The lowest BCUT2D eigenvalue weighted by Gasteiger charge is -2.32. The Kier molecular flexibility index (Phi) is 6.60. The summed E-state index contributed by atoms with van der Waals surface area (Å²) in [6, 6.07) is 5.67. The van der Waals surface area contributed by atoms with Crippen LogP contribution in [-0.4, -0.2) is 47.1 Å². The van der Waals surface area contributed by atoms with E-state index < -0.39 is 16.7 Å². The molecule has 1 saturated heterocycles. The van der Waals surface area contributed by atoms with E-state index in [1.54, 1.807) is 17.0 Å². The van der Waals surface area contributed by atoms with Crippen molar-refractivity contribution in [2.24, 2.45) is 0 Å². The Balaban J connectivity index is 1.67. The van der Waals surface area contributed by atoms with Crippen LogP contribution in [0.2, 0.25) is 5.02 Å². The Bertz CT molecular complexity index is 1220. The van der Waals surface area contributed by atoms with Gasteiger partial charge in [-0.15, -0.1) is 0 Å². The van der Waals surface area contributed by atoms with Gasteiger partial charge in [0.2, 0.25) is 5.91 Å². The number of ether oxygens (including phenoxy) is 2. The third kappa shape index (κ3) is 4.68. The van der Waals surface area contributed by atoms with E-state index in [2.05, 4.69) is 21.9 Å². The second kappa shape index (κ2) is 9.58. The van der Waals surface area contributed by atoms with Crippen molar-refractivity contribution in [3.63, 3.8) is 0 Å². The maximum atomic E-state index is 14.4. The first-order valence-corrected chi connectivity index (χ1v) is 10.6. The molecule has 1 amide bonds. The van der Waals surface area contributed by atoms with Gasteiger partial charge in [0, 0.05) is 18.0 Å². The Morgan fingerprint density at radius 1 is 1.30 bits per heavy atom. The molecule has 2 aromatic carbocycles. The van der Waals surface area contributed by atoms with Crippen molar-refractivity contribution < 1.29 is 23.0 Å². The Hall–Kier alpha value is -3.46. The molecule has 0 radical (unpaired) electrons. The number of likely N-dealkylation sites (tertiary alicyclic amines) is 1. The molecule has 1 atom stereocenters. The van der Waals surface area contributed by atoms with E-state index in [1.807, 2.05) is 0 Å². The summed E-state index contributed by atoms with van der Waals surface area (Å²) < 4.78 is 39.6. The number of fused-ring (bicyclic) bond motifs is 1. The van der Waals surface area contributed by atoms with E-state index >= 15 is 0 Å². The van der Waals surface area contributed by atoms with Crippen LogP contribution in [0.3, 0.4) is 0 Å². The van der Waals surface area contributed by atoms with Crippen molar-refractivity contribution in [2.45, 2.75) is 18.9 Å². The zero-order chi connectivity index (χ0) is 23.5. The van der Waals surface area contributed by atoms with E-state index in [1.165, 1.54) is 25.6 Å². The molecule has 1 aliphatic rings. The normalized spacial score (nSPS) is 15.9. The minimum Gasteiger partial charge on any atom is -0.493 e. The van der Waals surface area contributed by atoms with Crippen LogP contribution in [0.25, 0.3) is 10.9 Å². The predicted molar refractivity (Wildman–Crippen MR) is 121 cm³/mol. The van der Waals surface area contributed by atoms with Crippen molar-refractivity contribution in [1.82, 2.24) is 14.9 Å². The number of nitrogens with one attached hydrogen (secondary N) is 1. The quantitative estimate of drug-likeness (QED) is 0.406. The zero-order valence-electron chi connectivity index (χ0n) is 17.8. The smallest absolute Gasteiger partial charge is 0.246 e. The summed E-state index contributed by atoms with van der Waals surface area (Å²) in [7, 11) is 1.51. The standard InChI is InChI=1S/C23H21ClF2N4O3/c1-3-20(31)30-8-4-5-13(11-30)33-19-9-14-17(10-18(19)32-2)27-12-28-23(14)29-16-7-6-15(25)21(24)22(16)26/h3,6-7,9-10,12-13H,1,4-5,8,11H2,2H3,(H,27,28,29). The minimum absolute atomic E-state index is 0.0365. The van der Waals surface area contributed by atoms with Crippen LogP contribution in [0, 0.1) is 11.6 Å². The molecule has 1 aromatic heterocycles. The number of rotatable bonds is 6. The van der Waals surface area contributed by atoms with Gasteiger partial charge in [0.25, 0.3) is 0 Å². The van der Waals surface area contributed by atoms with E-state index in [4.69, 9.17) is 21.1 Å². The van der Waals surface area contributed by atoms with Crippen molar-refractivity contribution >= 4 is 39.9 Å². The molecule has 3 aromatic rings. The lowest BCUT2D eigenvalue weighted by atomic mass is 10.1. The fourth-order valence-corrected chi connectivity index (χ4v) is 3.87. The Labute approximate surface area is 194 Å². The number of hydrogen-bond acceptors (Lipinski definition) is 6. The highest BCUT2D eigenvalue weighted by atomic mass is 35.5. The average molecular weight is 475 g/mol. The summed E-state index contributed by atoms with van der Waals surface area (Å²) in [6.07, 6.45) is 3.91. The molecule has 1 aliphatic heterocycles. The number of piperidine rings is 1. The maximum absolute atomic E-state index is 14.4. The van der Waals surface area contributed by atoms with Gasteiger partial charge in [0.05, 0.1) is 24.9 Å². The third-order valence-corrected chi connectivity index (χ3v) is 5.71. The molecule has 0 bridgehead atoms. The monoisotopic (exact) mass is 474 g/mol. The lowest BCUT2D eigenvalue weighted by molar-refractivity contribution is -0.128. The van der Waals surface area contributed by atoms with Crippen LogP contribution in [0.15, 0.2) is 43.2 Å². The molecule has 0 spiro atoms. The average Bonchev–Trinajstić information content (AvgIpc) is 2.84. The summed E-state index contributed by atoms with van der Waals surface area (Å²) in [4.78, 5) is 22.1. The molecule has 33 heavy (non-hydrogen) atoms. The highest BCUT2D eigenvalue weighted by Gasteiger charge is 2.25. The molecule has 10 heteroatoms. The van der Waals surface area contributed by atoms with Gasteiger partial charge in [0.1, 0.15) is 29.1 Å². The first-order chi connectivity index (χ1) is 15.9. The molecule has 2 heterocycles. The fraction of sp³-hybridized carbons (Fsp3) is 0.261. The molecule has 0 saturated carbocycles. The number of carbonyl (C=O) groups excluding carboxylic acids is 1. The number of hydrogen-bond donors (Lipinski definition) is 1. The van der Waals surface area contributed by atoms with Gasteiger partial charge in [0.15, 0.2) is 17.3 Å². The van der Waals surface area contributed by atoms with Gasteiger partial charge in [-0.1, -0.05) is 18.2 Å². The predicted octanol–water partition coefficient (Wildman–Crippen LogP) is 4.87. The van der Waals surface area contributed by atoms with E-state index in [0.717, 1.165) is 18.9 Å². The second-order valence-corrected chi connectivity index (χ2v) is 7.84. The molecule has 1 fully saturated rings. The van der Waals surface area contributed by atoms with Crippen molar-refractivity contribution in [3.8, 4) is 11.5 Å². The number of benzene rings is 2. The largest absolute Gasteiger partial charge is 0.493 e. The van der Waals surface area contributed by atoms with Crippen LogP contribution in [0.4, 0.5) is 20.3 Å². The fourth-order valence-electron chi connectivity index (χ4n) is 3.71. The molecule has 4 rings (SSSR count). The second-order valence-electron chi connectivity index (χ2n) is 7.46. The molecule has 0 aliphatic carbocycles. The van der Waals surface area contributed by atoms with Crippen molar-refractivity contribution in [3.05, 3.63) is 59.9 Å². The lowest BCUT2D eigenvalue weighted by Crippen LogP contribution is -2.43. The summed E-state index contributed by atoms with van der Waals surface area (Å²) in [5.74, 6) is -0.768. The van der Waals surface area contributed by atoms with Crippen LogP contribution in [-0.2, 0) is 4.79 Å². The topological polar surface area (TPSA) is 76.6 Å². The molecule has 7 nitrogen and oxygen atoms in total. The van der Waals surface area contributed by atoms with Crippen molar-refractivity contribution in [1.29, 1.82) is 0 Å². The Morgan fingerprint density at radius 2 is 2.12 bits per heavy atom. The van der Waals surface area contributed by atoms with Crippen LogP contribution < -0.4 is 14.8 Å². The summed E-state index contributed by atoms with van der Waals surface area (Å²) in [5.41, 5.74) is 0.489. The number of methoxy groups -OCH3 is 1. The minimum atomic E-state index is -0.928. The van der Waals surface area contributed by atoms with Gasteiger partial charge < -0.3 is 19.7 Å². The third-order valence-electron chi connectivity index (χ3n) is 5.37. The number of carbonyl (C=O) groups is 1. The van der Waals surface area contributed by atoms with Gasteiger partial charge in [-0.2, -0.15) is 0 Å². The number of amides is 1. The number of anilines is 2. The SMILES string of the molecule is C=CC(=O)N1CCCC(Oc2cc3c(Nc4ccc(F)c(Cl)c4F)ncnc3cc2OC)C1.